The van der Waals surface area contributed by atoms with Gasteiger partial charge in [0.25, 0.3) is 0 Å². The third-order valence-corrected chi connectivity index (χ3v) is 2.70. The van der Waals surface area contributed by atoms with Crippen LogP contribution in [-0.4, -0.2) is 9.97 Å². The molecule has 0 aliphatic carbocycles. The number of aromatic nitrogens is 2. The minimum absolute atomic E-state index is 0.0206. The number of aromatic amines is 1. The number of nitrogens with zero attached hydrogens (tertiary/aromatic N) is 3. The Morgan fingerprint density at radius 3 is 2.50 bits per heavy atom. The van der Waals surface area contributed by atoms with E-state index >= 15 is 0 Å². The van der Waals surface area contributed by atoms with Crippen molar-refractivity contribution < 1.29 is 0 Å². The van der Waals surface area contributed by atoms with Gasteiger partial charge in [-0.05, 0) is 36.0 Å². The Hall–Kier alpha value is -2.96. The highest BCUT2D eigenvalue weighted by Gasteiger charge is 1.98. The van der Waals surface area contributed by atoms with Crippen LogP contribution in [0.2, 0.25) is 0 Å². The molecule has 0 radical (unpaired) electrons. The van der Waals surface area contributed by atoms with Crippen molar-refractivity contribution in [3.63, 3.8) is 0 Å². The Kier molecular flexibility index (Phi) is 4.23. The monoisotopic (exact) mass is 279 g/mol. The van der Waals surface area contributed by atoms with Crippen LogP contribution in [-0.2, 0) is 0 Å². The summed E-state index contributed by atoms with van der Waals surface area (Å²) < 4.78 is 0.431. The lowest BCUT2D eigenvalue weighted by molar-refractivity contribution is 1.14. The SMILES string of the molecule is N#CC(C#N)=CNc1ccc(-c2ccnc(=S)[nH]2)cc1. The topological polar surface area (TPSA) is 88.3 Å². The van der Waals surface area contributed by atoms with Gasteiger partial charge in [0.1, 0.15) is 17.7 Å². The van der Waals surface area contributed by atoms with Gasteiger partial charge >= 0.3 is 0 Å². The van der Waals surface area contributed by atoms with Gasteiger partial charge in [-0.1, -0.05) is 12.1 Å². The third-order valence-electron chi connectivity index (χ3n) is 2.49. The van der Waals surface area contributed by atoms with E-state index in [1.807, 2.05) is 30.3 Å². The zero-order chi connectivity index (χ0) is 14.4. The van der Waals surface area contributed by atoms with Gasteiger partial charge in [-0.15, -0.1) is 0 Å². The molecule has 1 aromatic heterocycles. The zero-order valence-corrected chi connectivity index (χ0v) is 11.1. The van der Waals surface area contributed by atoms with E-state index in [9.17, 15) is 0 Å². The Balaban J connectivity index is 2.20. The predicted molar refractivity (Wildman–Crippen MR) is 77.8 cm³/mol. The predicted octanol–water partition coefficient (Wildman–Crippen LogP) is 3.15. The maximum Gasteiger partial charge on any atom is 0.197 e. The van der Waals surface area contributed by atoms with E-state index < -0.39 is 0 Å². The molecular weight excluding hydrogens is 270 g/mol. The molecule has 0 unspecified atom stereocenters. The molecule has 0 saturated carbocycles. The maximum absolute atomic E-state index is 8.62. The molecule has 20 heavy (non-hydrogen) atoms. The van der Waals surface area contributed by atoms with E-state index in [2.05, 4.69) is 15.3 Å². The van der Waals surface area contributed by atoms with Crippen LogP contribution in [0.5, 0.6) is 0 Å². The first-order valence-corrected chi connectivity index (χ1v) is 6.06. The van der Waals surface area contributed by atoms with Crippen LogP contribution in [0.1, 0.15) is 0 Å². The number of allylic oxidation sites excluding steroid dienone is 1. The third kappa shape index (κ3) is 3.29. The molecule has 2 aromatic rings. The number of nitrogens with one attached hydrogen (secondary N) is 2. The van der Waals surface area contributed by atoms with Gasteiger partial charge in [0, 0.05) is 23.8 Å². The molecule has 0 aliphatic rings. The highest BCUT2D eigenvalue weighted by Crippen LogP contribution is 2.19. The number of rotatable bonds is 3. The van der Waals surface area contributed by atoms with Crippen LogP contribution in [0.4, 0.5) is 5.69 Å². The van der Waals surface area contributed by atoms with Crippen LogP contribution < -0.4 is 5.32 Å². The molecule has 2 rings (SSSR count). The van der Waals surface area contributed by atoms with Gasteiger partial charge < -0.3 is 10.3 Å². The summed E-state index contributed by atoms with van der Waals surface area (Å²) in [5, 5.41) is 20.1. The number of nitriles is 2. The highest BCUT2D eigenvalue weighted by molar-refractivity contribution is 7.71. The molecule has 0 amide bonds. The van der Waals surface area contributed by atoms with Gasteiger partial charge in [-0.25, -0.2) is 4.98 Å². The summed E-state index contributed by atoms with van der Waals surface area (Å²) in [5.74, 6) is 0. The van der Waals surface area contributed by atoms with E-state index in [-0.39, 0.29) is 5.57 Å². The molecule has 5 nitrogen and oxygen atoms in total. The molecule has 1 aromatic carbocycles. The van der Waals surface area contributed by atoms with Gasteiger partial charge in [0.2, 0.25) is 0 Å². The molecular formula is C14H9N5S. The normalized spacial score (nSPS) is 9.10. The fraction of sp³-hybridized carbons (Fsp3) is 0. The van der Waals surface area contributed by atoms with Gasteiger partial charge in [-0.3, -0.25) is 0 Å². The second-order valence-electron chi connectivity index (χ2n) is 3.79. The summed E-state index contributed by atoms with van der Waals surface area (Å²) in [7, 11) is 0. The average Bonchev–Trinajstić information content (AvgIpc) is 2.49. The van der Waals surface area contributed by atoms with E-state index in [0.717, 1.165) is 16.9 Å². The van der Waals surface area contributed by atoms with Gasteiger partial charge in [0.15, 0.2) is 4.77 Å². The number of benzene rings is 1. The van der Waals surface area contributed by atoms with Crippen molar-refractivity contribution in [1.82, 2.24) is 9.97 Å². The molecule has 0 saturated heterocycles. The second kappa shape index (κ2) is 6.28. The van der Waals surface area contributed by atoms with Crippen molar-refractivity contribution >= 4 is 17.9 Å². The molecule has 0 fully saturated rings. The fourth-order valence-electron chi connectivity index (χ4n) is 1.53. The molecule has 0 aliphatic heterocycles. The minimum Gasteiger partial charge on any atom is -0.360 e. The summed E-state index contributed by atoms with van der Waals surface area (Å²) >= 11 is 4.97. The number of hydrogen-bond acceptors (Lipinski definition) is 5. The first-order chi connectivity index (χ1) is 9.72. The average molecular weight is 279 g/mol. The van der Waals surface area contributed by atoms with Crippen LogP contribution >= 0.6 is 12.2 Å². The molecule has 0 atom stereocenters. The Morgan fingerprint density at radius 2 is 1.90 bits per heavy atom. The Labute approximate surface area is 120 Å². The van der Waals surface area contributed by atoms with Crippen molar-refractivity contribution in [2.24, 2.45) is 0 Å². The first-order valence-electron chi connectivity index (χ1n) is 5.65. The quantitative estimate of drug-likeness (QED) is 0.665. The van der Waals surface area contributed by atoms with Crippen molar-refractivity contribution in [3.8, 4) is 23.4 Å². The van der Waals surface area contributed by atoms with Gasteiger partial charge in [-0.2, -0.15) is 10.5 Å². The molecule has 96 valence electrons. The minimum atomic E-state index is 0.0206. The number of anilines is 1. The van der Waals surface area contributed by atoms with Crippen LogP contribution in [0, 0.1) is 27.4 Å². The van der Waals surface area contributed by atoms with Crippen molar-refractivity contribution in [2.45, 2.75) is 0 Å². The van der Waals surface area contributed by atoms with E-state index in [4.69, 9.17) is 22.7 Å². The lowest BCUT2D eigenvalue weighted by Crippen LogP contribution is -1.90. The maximum atomic E-state index is 8.62. The number of H-pyrrole nitrogens is 1. The van der Waals surface area contributed by atoms with E-state index in [1.54, 1.807) is 18.3 Å². The molecule has 2 N–H and O–H groups in total. The zero-order valence-electron chi connectivity index (χ0n) is 10.3. The van der Waals surface area contributed by atoms with Gasteiger partial charge in [0.05, 0.1) is 0 Å². The number of hydrogen-bond donors (Lipinski definition) is 2. The molecule has 0 bridgehead atoms. The summed E-state index contributed by atoms with van der Waals surface area (Å²) in [6.45, 7) is 0. The summed E-state index contributed by atoms with van der Waals surface area (Å²) in [6.07, 6.45) is 3.02. The van der Waals surface area contributed by atoms with Crippen LogP contribution in [0.15, 0.2) is 48.3 Å². The van der Waals surface area contributed by atoms with E-state index in [0.29, 0.717) is 4.77 Å². The summed E-state index contributed by atoms with van der Waals surface area (Å²) in [5.41, 5.74) is 2.65. The van der Waals surface area contributed by atoms with Crippen molar-refractivity contribution in [1.29, 1.82) is 10.5 Å². The lowest BCUT2D eigenvalue weighted by atomic mass is 10.1. The van der Waals surface area contributed by atoms with Crippen molar-refractivity contribution in [2.75, 3.05) is 5.32 Å². The highest BCUT2D eigenvalue weighted by atomic mass is 32.1. The van der Waals surface area contributed by atoms with Crippen LogP contribution in [0.3, 0.4) is 0 Å². The largest absolute Gasteiger partial charge is 0.360 e. The standard InChI is InChI=1S/C14H9N5S/c15-7-10(8-16)9-18-12-3-1-11(2-4-12)13-5-6-17-14(20)19-13/h1-6,9,18H,(H,17,19,20). The fourth-order valence-corrected chi connectivity index (χ4v) is 1.70. The van der Waals surface area contributed by atoms with E-state index in [1.165, 1.54) is 6.20 Å². The Morgan fingerprint density at radius 1 is 1.20 bits per heavy atom. The summed E-state index contributed by atoms with van der Waals surface area (Å²) in [6, 6.07) is 12.9. The summed E-state index contributed by atoms with van der Waals surface area (Å²) in [4.78, 5) is 6.93. The first kappa shape index (κ1) is 13.5. The molecule has 1 heterocycles. The smallest absolute Gasteiger partial charge is 0.197 e. The molecule has 6 heteroatoms. The lowest BCUT2D eigenvalue weighted by Gasteiger charge is -2.04. The van der Waals surface area contributed by atoms with Crippen LogP contribution in [0.25, 0.3) is 11.3 Å². The molecule has 0 spiro atoms. The second-order valence-corrected chi connectivity index (χ2v) is 4.18. The van der Waals surface area contributed by atoms with Crippen molar-refractivity contribution in [3.05, 3.63) is 53.1 Å². The Bertz CT molecular complexity index is 759.